The van der Waals surface area contributed by atoms with Crippen LogP contribution in [0.4, 0.5) is 5.69 Å². The summed E-state index contributed by atoms with van der Waals surface area (Å²) in [6, 6.07) is 31.0. The maximum absolute atomic E-state index is 13.4. The standard InChI is InChI=1S/C32H28N6O4S/c1-41-28-18-13-22(20-29(28)42-2)19-27(34-31(39)23-9-5-3-6-10-23)32(40)33-24-14-16-26(17-15-24)43-21-30-35-36-37-38(30)25-11-7-4-8-12-25/h3-20H,21H2,1-2H3,(H,33,40)(H,34,39)/b27-19-. The molecule has 43 heavy (non-hydrogen) atoms. The van der Waals surface area contributed by atoms with Crippen LogP contribution in [0.3, 0.4) is 0 Å². The van der Waals surface area contributed by atoms with Crippen LogP contribution in [0, 0.1) is 0 Å². The lowest BCUT2D eigenvalue weighted by atomic mass is 10.1. The highest BCUT2D eigenvalue weighted by molar-refractivity contribution is 7.98. The number of carbonyl (C=O) groups is 2. The second-order valence-electron chi connectivity index (χ2n) is 9.10. The predicted molar refractivity (Wildman–Crippen MR) is 165 cm³/mol. The summed E-state index contributed by atoms with van der Waals surface area (Å²) in [7, 11) is 3.08. The molecule has 11 heteroatoms. The number of amides is 2. The number of nitrogens with zero attached hydrogens (tertiary/aromatic N) is 4. The highest BCUT2D eigenvalue weighted by Crippen LogP contribution is 2.29. The number of nitrogens with one attached hydrogen (secondary N) is 2. The Bertz CT molecular complexity index is 1720. The Morgan fingerprint density at radius 3 is 2.26 bits per heavy atom. The zero-order chi connectivity index (χ0) is 30.0. The van der Waals surface area contributed by atoms with Crippen molar-refractivity contribution < 1.29 is 19.1 Å². The molecule has 10 nitrogen and oxygen atoms in total. The molecule has 0 saturated carbocycles. The zero-order valence-corrected chi connectivity index (χ0v) is 24.2. The quantitative estimate of drug-likeness (QED) is 0.155. The summed E-state index contributed by atoms with van der Waals surface area (Å²) in [6.45, 7) is 0. The fourth-order valence-corrected chi connectivity index (χ4v) is 4.90. The second kappa shape index (κ2) is 14.0. The molecule has 0 aliphatic rings. The van der Waals surface area contributed by atoms with Gasteiger partial charge in [0, 0.05) is 16.1 Å². The van der Waals surface area contributed by atoms with E-state index in [-0.39, 0.29) is 5.70 Å². The molecular formula is C32H28N6O4S. The summed E-state index contributed by atoms with van der Waals surface area (Å²) in [5.74, 6) is 1.42. The Kier molecular flexibility index (Phi) is 9.45. The second-order valence-corrected chi connectivity index (χ2v) is 10.2. The summed E-state index contributed by atoms with van der Waals surface area (Å²) in [5, 5.41) is 17.7. The van der Waals surface area contributed by atoms with E-state index in [1.165, 1.54) is 7.11 Å². The highest BCUT2D eigenvalue weighted by atomic mass is 32.2. The molecule has 2 amide bonds. The summed E-state index contributed by atoms with van der Waals surface area (Å²) < 4.78 is 12.4. The minimum absolute atomic E-state index is 0.0623. The van der Waals surface area contributed by atoms with Crippen LogP contribution in [0.25, 0.3) is 11.8 Å². The lowest BCUT2D eigenvalue weighted by Crippen LogP contribution is -2.30. The van der Waals surface area contributed by atoms with Crippen molar-refractivity contribution in [2.45, 2.75) is 10.6 Å². The molecule has 216 valence electrons. The van der Waals surface area contributed by atoms with E-state index in [1.807, 2.05) is 48.5 Å². The van der Waals surface area contributed by atoms with Crippen LogP contribution in [0.1, 0.15) is 21.7 Å². The van der Waals surface area contributed by atoms with Gasteiger partial charge >= 0.3 is 0 Å². The van der Waals surface area contributed by atoms with Gasteiger partial charge in [0.05, 0.1) is 25.7 Å². The fourth-order valence-electron chi connectivity index (χ4n) is 4.10. The fraction of sp³-hybridized carbons (Fsp3) is 0.0938. The summed E-state index contributed by atoms with van der Waals surface area (Å²) in [6.07, 6.45) is 1.58. The molecule has 0 aliphatic heterocycles. The first kappa shape index (κ1) is 29.1. The number of hydrogen-bond donors (Lipinski definition) is 2. The van der Waals surface area contributed by atoms with Gasteiger partial charge in [0.2, 0.25) is 0 Å². The number of aromatic nitrogens is 4. The van der Waals surface area contributed by atoms with Crippen LogP contribution in [0.15, 0.2) is 114 Å². The van der Waals surface area contributed by atoms with Crippen LogP contribution in [-0.4, -0.2) is 46.2 Å². The Morgan fingerprint density at radius 2 is 1.56 bits per heavy atom. The van der Waals surface area contributed by atoms with E-state index in [4.69, 9.17) is 9.47 Å². The lowest BCUT2D eigenvalue weighted by Gasteiger charge is -2.13. The van der Waals surface area contributed by atoms with E-state index in [0.717, 1.165) is 10.6 Å². The number of ether oxygens (including phenoxy) is 2. The molecule has 0 radical (unpaired) electrons. The Hall–Kier alpha value is -5.42. The van der Waals surface area contributed by atoms with Gasteiger partial charge in [-0.3, -0.25) is 9.59 Å². The van der Waals surface area contributed by atoms with Crippen molar-refractivity contribution >= 4 is 35.3 Å². The van der Waals surface area contributed by atoms with Crippen LogP contribution in [0.5, 0.6) is 11.5 Å². The lowest BCUT2D eigenvalue weighted by molar-refractivity contribution is -0.113. The smallest absolute Gasteiger partial charge is 0.272 e. The Balaban J connectivity index is 1.30. The molecule has 5 rings (SSSR count). The van der Waals surface area contributed by atoms with Gasteiger partial charge < -0.3 is 20.1 Å². The molecule has 1 aromatic heterocycles. The van der Waals surface area contributed by atoms with E-state index >= 15 is 0 Å². The van der Waals surface area contributed by atoms with Crippen LogP contribution in [0.2, 0.25) is 0 Å². The van der Waals surface area contributed by atoms with Crippen molar-refractivity contribution in [1.82, 2.24) is 25.5 Å². The molecule has 0 spiro atoms. The average Bonchev–Trinajstić information content (AvgIpc) is 3.53. The van der Waals surface area contributed by atoms with Gasteiger partial charge in [-0.2, -0.15) is 4.68 Å². The van der Waals surface area contributed by atoms with Gasteiger partial charge in [0.25, 0.3) is 11.8 Å². The van der Waals surface area contributed by atoms with Crippen molar-refractivity contribution in [1.29, 1.82) is 0 Å². The molecule has 1 heterocycles. The number of hydrogen-bond acceptors (Lipinski definition) is 8. The number of rotatable bonds is 11. The van der Waals surface area contributed by atoms with Gasteiger partial charge in [0.15, 0.2) is 17.3 Å². The normalized spacial score (nSPS) is 11.1. The molecule has 2 N–H and O–H groups in total. The molecule has 0 atom stereocenters. The molecule has 4 aromatic carbocycles. The average molecular weight is 593 g/mol. The molecule has 0 saturated heterocycles. The maximum Gasteiger partial charge on any atom is 0.272 e. The van der Waals surface area contributed by atoms with Crippen molar-refractivity contribution in [3.05, 3.63) is 126 Å². The highest BCUT2D eigenvalue weighted by Gasteiger charge is 2.16. The Labute approximate surface area is 252 Å². The summed E-state index contributed by atoms with van der Waals surface area (Å²) in [4.78, 5) is 27.4. The number of thioether (sulfide) groups is 1. The van der Waals surface area contributed by atoms with Crippen molar-refractivity contribution in [3.63, 3.8) is 0 Å². The maximum atomic E-state index is 13.4. The third-order valence-corrected chi connectivity index (χ3v) is 7.27. The van der Waals surface area contributed by atoms with E-state index in [1.54, 1.807) is 84.2 Å². The van der Waals surface area contributed by atoms with E-state index in [2.05, 4.69) is 26.2 Å². The monoisotopic (exact) mass is 592 g/mol. The molecular weight excluding hydrogens is 564 g/mol. The number of tetrazole rings is 1. The van der Waals surface area contributed by atoms with Gasteiger partial charge in [0.1, 0.15) is 5.70 Å². The SMILES string of the molecule is COc1ccc(/C=C(\NC(=O)c2ccccc2)C(=O)Nc2ccc(SCc3nnnn3-c3ccccc3)cc2)cc1OC. The summed E-state index contributed by atoms with van der Waals surface area (Å²) in [5.41, 5.74) is 2.58. The summed E-state index contributed by atoms with van der Waals surface area (Å²) >= 11 is 1.57. The van der Waals surface area contributed by atoms with Crippen LogP contribution >= 0.6 is 11.8 Å². The molecule has 0 fully saturated rings. The first-order valence-electron chi connectivity index (χ1n) is 13.2. The molecule has 5 aromatic rings. The minimum Gasteiger partial charge on any atom is -0.493 e. The molecule has 0 aliphatic carbocycles. The molecule has 0 bridgehead atoms. The van der Waals surface area contributed by atoms with Gasteiger partial charge in [-0.15, -0.1) is 16.9 Å². The van der Waals surface area contributed by atoms with Crippen molar-refractivity contribution in [2.24, 2.45) is 0 Å². The van der Waals surface area contributed by atoms with E-state index < -0.39 is 11.8 Å². The third-order valence-electron chi connectivity index (χ3n) is 6.26. The van der Waals surface area contributed by atoms with Crippen LogP contribution < -0.4 is 20.1 Å². The first-order chi connectivity index (χ1) is 21.0. The Morgan fingerprint density at radius 1 is 0.860 bits per heavy atom. The number of methoxy groups -OCH3 is 2. The van der Waals surface area contributed by atoms with E-state index in [0.29, 0.717) is 39.9 Å². The number of benzene rings is 4. The number of carbonyl (C=O) groups excluding carboxylic acids is 2. The van der Waals surface area contributed by atoms with Gasteiger partial charge in [-0.05, 0) is 82.7 Å². The first-order valence-corrected chi connectivity index (χ1v) is 14.2. The number of anilines is 1. The van der Waals surface area contributed by atoms with Crippen molar-refractivity contribution in [2.75, 3.05) is 19.5 Å². The van der Waals surface area contributed by atoms with E-state index in [9.17, 15) is 9.59 Å². The predicted octanol–water partition coefficient (Wildman–Crippen LogP) is 5.38. The topological polar surface area (TPSA) is 120 Å². The molecule has 0 unspecified atom stereocenters. The van der Waals surface area contributed by atoms with Crippen molar-refractivity contribution in [3.8, 4) is 17.2 Å². The largest absolute Gasteiger partial charge is 0.493 e. The minimum atomic E-state index is -0.485. The number of para-hydroxylation sites is 1. The third kappa shape index (κ3) is 7.46. The van der Waals surface area contributed by atoms with Gasteiger partial charge in [-0.25, -0.2) is 0 Å². The van der Waals surface area contributed by atoms with Gasteiger partial charge in [-0.1, -0.05) is 42.5 Å². The van der Waals surface area contributed by atoms with Crippen LogP contribution in [-0.2, 0) is 10.5 Å². The zero-order valence-electron chi connectivity index (χ0n) is 23.4.